The van der Waals surface area contributed by atoms with E-state index >= 15 is 0 Å². The Morgan fingerprint density at radius 3 is 2.92 bits per heavy atom. The number of carbonyl (C=O) groups excluding carboxylic acids is 1. The number of ether oxygens (including phenoxy) is 1. The lowest BCUT2D eigenvalue weighted by atomic mass is 10.0. The fourth-order valence-electron chi connectivity index (χ4n) is 2.80. The standard InChI is InChI=1S/C18H18ClFN2O2/c19-14-4-2-6-16(10-14)24-12-18(23)22-8-7-21-11-17(22)13-3-1-5-15(20)9-13/h1-6,9-10,17,21H,7-8,11-12H2. The zero-order valence-electron chi connectivity index (χ0n) is 13.0. The second-order valence-electron chi connectivity index (χ2n) is 5.61. The van der Waals surface area contributed by atoms with E-state index in [1.165, 1.54) is 12.1 Å². The van der Waals surface area contributed by atoms with Crippen LogP contribution in [-0.2, 0) is 4.79 Å². The summed E-state index contributed by atoms with van der Waals surface area (Å²) in [6, 6.07) is 13.1. The van der Waals surface area contributed by atoms with Crippen molar-refractivity contribution in [3.05, 3.63) is 64.9 Å². The molecule has 1 aliphatic heterocycles. The van der Waals surface area contributed by atoms with Crippen LogP contribution in [0.5, 0.6) is 5.75 Å². The van der Waals surface area contributed by atoms with Crippen molar-refractivity contribution in [3.63, 3.8) is 0 Å². The van der Waals surface area contributed by atoms with Crippen LogP contribution in [0.4, 0.5) is 4.39 Å². The van der Waals surface area contributed by atoms with Gasteiger partial charge in [-0.05, 0) is 35.9 Å². The number of nitrogens with one attached hydrogen (secondary N) is 1. The van der Waals surface area contributed by atoms with Gasteiger partial charge in [0, 0.05) is 24.7 Å². The largest absolute Gasteiger partial charge is 0.484 e. The van der Waals surface area contributed by atoms with Crippen LogP contribution in [0.15, 0.2) is 48.5 Å². The quantitative estimate of drug-likeness (QED) is 0.923. The number of amides is 1. The molecule has 0 spiro atoms. The molecule has 0 radical (unpaired) electrons. The van der Waals surface area contributed by atoms with E-state index in [2.05, 4.69) is 5.32 Å². The Balaban J connectivity index is 1.69. The third-order valence-electron chi connectivity index (χ3n) is 3.96. The van der Waals surface area contributed by atoms with E-state index in [4.69, 9.17) is 16.3 Å². The molecule has 0 aliphatic carbocycles. The van der Waals surface area contributed by atoms with Gasteiger partial charge in [0.05, 0.1) is 6.04 Å². The molecule has 2 aromatic carbocycles. The van der Waals surface area contributed by atoms with Crippen molar-refractivity contribution < 1.29 is 13.9 Å². The fraction of sp³-hybridized carbons (Fsp3) is 0.278. The van der Waals surface area contributed by atoms with Crippen molar-refractivity contribution in [2.75, 3.05) is 26.2 Å². The lowest BCUT2D eigenvalue weighted by molar-refractivity contribution is -0.136. The SMILES string of the molecule is O=C(COc1cccc(Cl)c1)N1CCNCC1c1cccc(F)c1. The van der Waals surface area contributed by atoms with Crippen LogP contribution < -0.4 is 10.1 Å². The number of nitrogens with zero attached hydrogens (tertiary/aromatic N) is 1. The lowest BCUT2D eigenvalue weighted by Gasteiger charge is -2.36. The molecule has 1 fully saturated rings. The van der Waals surface area contributed by atoms with Crippen molar-refractivity contribution in [2.45, 2.75) is 6.04 Å². The second-order valence-corrected chi connectivity index (χ2v) is 6.04. The topological polar surface area (TPSA) is 41.6 Å². The molecular weight excluding hydrogens is 331 g/mol. The highest BCUT2D eigenvalue weighted by molar-refractivity contribution is 6.30. The molecule has 1 saturated heterocycles. The summed E-state index contributed by atoms with van der Waals surface area (Å²) >= 11 is 5.91. The van der Waals surface area contributed by atoms with Gasteiger partial charge in [-0.1, -0.05) is 29.8 Å². The highest BCUT2D eigenvalue weighted by Gasteiger charge is 2.28. The zero-order valence-corrected chi connectivity index (χ0v) is 13.8. The van der Waals surface area contributed by atoms with Crippen LogP contribution in [-0.4, -0.2) is 37.0 Å². The first kappa shape index (κ1) is 16.7. The molecule has 1 heterocycles. The summed E-state index contributed by atoms with van der Waals surface area (Å²) in [6.45, 7) is 1.77. The molecule has 1 unspecified atom stereocenters. The van der Waals surface area contributed by atoms with Gasteiger partial charge < -0.3 is 15.0 Å². The van der Waals surface area contributed by atoms with Gasteiger partial charge in [0.1, 0.15) is 11.6 Å². The summed E-state index contributed by atoms with van der Waals surface area (Å²) in [7, 11) is 0. The van der Waals surface area contributed by atoms with Gasteiger partial charge in [0.25, 0.3) is 5.91 Å². The second kappa shape index (κ2) is 7.64. The highest BCUT2D eigenvalue weighted by atomic mass is 35.5. The monoisotopic (exact) mass is 348 g/mol. The highest BCUT2D eigenvalue weighted by Crippen LogP contribution is 2.23. The molecule has 2 aromatic rings. The third-order valence-corrected chi connectivity index (χ3v) is 4.19. The number of piperazine rings is 1. The molecule has 6 heteroatoms. The molecule has 1 aliphatic rings. The molecule has 3 rings (SSSR count). The van der Waals surface area contributed by atoms with Crippen LogP contribution in [0.2, 0.25) is 5.02 Å². The Morgan fingerprint density at radius 1 is 1.29 bits per heavy atom. The van der Waals surface area contributed by atoms with E-state index in [0.29, 0.717) is 30.4 Å². The van der Waals surface area contributed by atoms with E-state index in [1.54, 1.807) is 35.2 Å². The first-order valence-corrected chi connectivity index (χ1v) is 8.15. The van der Waals surface area contributed by atoms with Crippen LogP contribution in [0, 0.1) is 5.82 Å². The summed E-state index contributed by atoms with van der Waals surface area (Å²) in [4.78, 5) is 14.3. The van der Waals surface area contributed by atoms with Crippen molar-refractivity contribution in [3.8, 4) is 5.75 Å². The van der Waals surface area contributed by atoms with E-state index in [9.17, 15) is 9.18 Å². The van der Waals surface area contributed by atoms with Gasteiger partial charge in [-0.2, -0.15) is 0 Å². The molecule has 0 saturated carbocycles. The van der Waals surface area contributed by atoms with E-state index in [1.807, 2.05) is 6.07 Å². The maximum absolute atomic E-state index is 13.5. The minimum Gasteiger partial charge on any atom is -0.484 e. The number of hydrogen-bond acceptors (Lipinski definition) is 3. The Kier molecular flexibility index (Phi) is 5.33. The van der Waals surface area contributed by atoms with Crippen LogP contribution in [0.25, 0.3) is 0 Å². The first-order chi connectivity index (χ1) is 11.6. The Labute approximate surface area is 145 Å². The van der Waals surface area contributed by atoms with Gasteiger partial charge in [-0.15, -0.1) is 0 Å². The third kappa shape index (κ3) is 4.04. The maximum atomic E-state index is 13.5. The number of rotatable bonds is 4. The van der Waals surface area contributed by atoms with Crippen molar-refractivity contribution >= 4 is 17.5 Å². The molecule has 1 amide bonds. The van der Waals surface area contributed by atoms with Crippen LogP contribution in [0.1, 0.15) is 11.6 Å². The molecule has 0 aromatic heterocycles. The summed E-state index contributed by atoms with van der Waals surface area (Å²) < 4.78 is 19.0. The number of benzene rings is 2. The summed E-state index contributed by atoms with van der Waals surface area (Å²) in [5.74, 6) is 0.111. The van der Waals surface area contributed by atoms with E-state index in [0.717, 1.165) is 5.56 Å². The molecule has 0 bridgehead atoms. The van der Waals surface area contributed by atoms with Crippen molar-refractivity contribution in [1.82, 2.24) is 10.2 Å². The van der Waals surface area contributed by atoms with Crippen LogP contribution in [0.3, 0.4) is 0 Å². The lowest BCUT2D eigenvalue weighted by Crippen LogP contribution is -2.50. The van der Waals surface area contributed by atoms with Gasteiger partial charge in [0.15, 0.2) is 6.61 Å². The molecule has 4 nitrogen and oxygen atoms in total. The van der Waals surface area contributed by atoms with Crippen LogP contribution >= 0.6 is 11.6 Å². The average molecular weight is 349 g/mol. The van der Waals surface area contributed by atoms with E-state index < -0.39 is 0 Å². The molecule has 1 atom stereocenters. The minimum atomic E-state index is -0.305. The number of halogens is 2. The van der Waals surface area contributed by atoms with Gasteiger partial charge in [-0.25, -0.2) is 4.39 Å². The normalized spacial score (nSPS) is 17.6. The minimum absolute atomic E-state index is 0.0772. The molecule has 126 valence electrons. The Hall–Kier alpha value is -2.11. The number of carbonyl (C=O) groups is 1. The molecule has 1 N–H and O–H groups in total. The summed E-state index contributed by atoms with van der Waals surface area (Å²) in [5, 5.41) is 3.80. The zero-order chi connectivity index (χ0) is 16.9. The smallest absolute Gasteiger partial charge is 0.261 e. The Bertz CT molecular complexity index is 726. The predicted octanol–water partition coefficient (Wildman–Crippen LogP) is 3.03. The fourth-order valence-corrected chi connectivity index (χ4v) is 2.98. The first-order valence-electron chi connectivity index (χ1n) is 7.77. The summed E-state index contributed by atoms with van der Waals surface area (Å²) in [6.07, 6.45) is 0. The van der Waals surface area contributed by atoms with Crippen molar-refractivity contribution in [1.29, 1.82) is 0 Å². The molecular formula is C18H18ClFN2O2. The van der Waals surface area contributed by atoms with Gasteiger partial charge in [0.2, 0.25) is 0 Å². The number of hydrogen-bond donors (Lipinski definition) is 1. The maximum Gasteiger partial charge on any atom is 0.261 e. The molecule has 24 heavy (non-hydrogen) atoms. The van der Waals surface area contributed by atoms with Gasteiger partial charge in [-0.3, -0.25) is 4.79 Å². The van der Waals surface area contributed by atoms with Gasteiger partial charge >= 0.3 is 0 Å². The Morgan fingerprint density at radius 2 is 2.12 bits per heavy atom. The summed E-state index contributed by atoms with van der Waals surface area (Å²) in [5.41, 5.74) is 0.776. The van der Waals surface area contributed by atoms with E-state index in [-0.39, 0.29) is 24.4 Å². The average Bonchev–Trinajstić information content (AvgIpc) is 2.60. The van der Waals surface area contributed by atoms with Crippen molar-refractivity contribution in [2.24, 2.45) is 0 Å². The predicted molar refractivity (Wildman–Crippen MR) is 90.7 cm³/mol.